The van der Waals surface area contributed by atoms with Gasteiger partial charge in [-0.2, -0.15) is 18.4 Å². The quantitative estimate of drug-likeness (QED) is 0.829. The maximum atomic E-state index is 12.2. The summed E-state index contributed by atoms with van der Waals surface area (Å²) in [5.41, 5.74) is 1.52. The molecule has 1 N–H and O–H groups in total. The van der Waals surface area contributed by atoms with Gasteiger partial charge in [-0.25, -0.2) is 10.3 Å². The largest absolute Gasteiger partial charge is 0.416 e. The fraction of sp³-hybridized carbons (Fsp3) is 0.200. The lowest BCUT2D eigenvalue weighted by Crippen LogP contribution is -2.10. The fourth-order valence-corrected chi connectivity index (χ4v) is 0.944. The lowest BCUT2D eigenvalue weighted by atomic mass is 10.2. The highest BCUT2D eigenvalue weighted by Gasteiger charge is 2.29. The maximum Gasteiger partial charge on any atom is 0.416 e. The Kier molecular flexibility index (Phi) is 3.93. The first-order valence-corrected chi connectivity index (χ1v) is 4.43. The predicted octanol–water partition coefficient (Wildman–Crippen LogP) is 2.49. The van der Waals surface area contributed by atoms with Crippen LogP contribution in [0.4, 0.5) is 18.9 Å². The Morgan fingerprint density at radius 3 is 2.41 bits per heavy atom. The van der Waals surface area contributed by atoms with E-state index in [0.717, 1.165) is 24.3 Å². The second kappa shape index (κ2) is 5.21. The van der Waals surface area contributed by atoms with E-state index in [0.29, 0.717) is 0 Å². The standard InChI is InChI=1S/C10H7F3N2O2/c11-10(12,13)7-1-3-8(4-2-7)15-17-9(16)5-6-14/h1-4,15H,5H2. The molecule has 90 valence electrons. The fourth-order valence-electron chi connectivity index (χ4n) is 0.944. The van der Waals surface area contributed by atoms with Gasteiger partial charge in [0, 0.05) is 0 Å². The number of carbonyl (C=O) groups is 1. The van der Waals surface area contributed by atoms with Crippen LogP contribution in [-0.2, 0) is 15.8 Å². The van der Waals surface area contributed by atoms with Gasteiger partial charge >= 0.3 is 12.1 Å². The number of nitrogens with zero attached hydrogens (tertiary/aromatic N) is 1. The van der Waals surface area contributed by atoms with E-state index >= 15 is 0 Å². The average molecular weight is 244 g/mol. The number of anilines is 1. The molecule has 0 amide bonds. The molecule has 7 heteroatoms. The van der Waals surface area contributed by atoms with E-state index in [2.05, 4.69) is 10.3 Å². The van der Waals surface area contributed by atoms with Gasteiger partial charge in [0.1, 0.15) is 6.42 Å². The van der Waals surface area contributed by atoms with Gasteiger partial charge in [-0.3, -0.25) is 0 Å². The third kappa shape index (κ3) is 4.03. The van der Waals surface area contributed by atoms with Gasteiger partial charge in [-0.15, -0.1) is 0 Å². The van der Waals surface area contributed by atoms with Crippen LogP contribution in [0.25, 0.3) is 0 Å². The van der Waals surface area contributed by atoms with Crippen LogP contribution in [0.15, 0.2) is 24.3 Å². The van der Waals surface area contributed by atoms with Crippen molar-refractivity contribution >= 4 is 11.7 Å². The number of halogens is 3. The summed E-state index contributed by atoms with van der Waals surface area (Å²) in [5.74, 6) is -0.813. The SMILES string of the molecule is N#CCC(=O)ONc1ccc(C(F)(F)F)cc1. The van der Waals surface area contributed by atoms with Gasteiger partial charge in [0.2, 0.25) is 0 Å². The molecular formula is C10H7F3N2O2. The first-order chi connectivity index (χ1) is 7.93. The van der Waals surface area contributed by atoms with Crippen LogP contribution in [0.1, 0.15) is 12.0 Å². The highest BCUT2D eigenvalue weighted by molar-refractivity contribution is 5.72. The molecule has 0 saturated carbocycles. The summed E-state index contributed by atoms with van der Waals surface area (Å²) in [6.45, 7) is 0. The first-order valence-electron chi connectivity index (χ1n) is 4.43. The van der Waals surface area contributed by atoms with E-state index in [4.69, 9.17) is 5.26 Å². The number of alkyl halides is 3. The van der Waals surface area contributed by atoms with E-state index in [1.54, 1.807) is 6.07 Å². The van der Waals surface area contributed by atoms with E-state index in [9.17, 15) is 18.0 Å². The Hall–Kier alpha value is -2.23. The van der Waals surface area contributed by atoms with Crippen LogP contribution in [-0.4, -0.2) is 5.97 Å². The van der Waals surface area contributed by atoms with Gasteiger partial charge < -0.3 is 4.84 Å². The molecule has 0 unspecified atom stereocenters. The van der Waals surface area contributed by atoms with Gasteiger partial charge in [0.25, 0.3) is 0 Å². The van der Waals surface area contributed by atoms with Crippen molar-refractivity contribution in [2.75, 3.05) is 5.48 Å². The smallest absolute Gasteiger partial charge is 0.342 e. The van der Waals surface area contributed by atoms with Crippen molar-refractivity contribution in [3.8, 4) is 6.07 Å². The maximum absolute atomic E-state index is 12.2. The second-order valence-electron chi connectivity index (χ2n) is 2.99. The molecule has 4 nitrogen and oxygen atoms in total. The van der Waals surface area contributed by atoms with E-state index in [1.807, 2.05) is 0 Å². The number of carbonyl (C=O) groups excluding carboxylic acids is 1. The Labute approximate surface area is 94.6 Å². The zero-order valence-corrected chi connectivity index (χ0v) is 8.41. The van der Waals surface area contributed by atoms with Crippen molar-refractivity contribution in [3.05, 3.63) is 29.8 Å². The van der Waals surface area contributed by atoms with Crippen LogP contribution in [0.5, 0.6) is 0 Å². The molecule has 1 aromatic carbocycles. The van der Waals surface area contributed by atoms with Gasteiger partial charge in [-0.1, -0.05) is 0 Å². The van der Waals surface area contributed by atoms with Crippen molar-refractivity contribution in [1.82, 2.24) is 0 Å². The minimum atomic E-state index is -4.41. The van der Waals surface area contributed by atoms with Crippen LogP contribution >= 0.6 is 0 Å². The summed E-state index contributed by atoms with van der Waals surface area (Å²) in [6, 6.07) is 5.49. The second-order valence-corrected chi connectivity index (χ2v) is 2.99. The Morgan fingerprint density at radius 1 is 1.35 bits per heavy atom. The Morgan fingerprint density at radius 2 is 1.94 bits per heavy atom. The minimum Gasteiger partial charge on any atom is -0.342 e. The Balaban J connectivity index is 2.58. The van der Waals surface area contributed by atoms with Crippen LogP contribution in [0.2, 0.25) is 0 Å². The minimum absolute atomic E-state index is 0.185. The molecule has 17 heavy (non-hydrogen) atoms. The van der Waals surface area contributed by atoms with Gasteiger partial charge in [0.15, 0.2) is 0 Å². The monoisotopic (exact) mass is 244 g/mol. The molecule has 0 bridgehead atoms. The lowest BCUT2D eigenvalue weighted by molar-refractivity contribution is -0.140. The highest BCUT2D eigenvalue weighted by Crippen LogP contribution is 2.29. The summed E-state index contributed by atoms with van der Waals surface area (Å²) in [5, 5.41) is 8.16. The summed E-state index contributed by atoms with van der Waals surface area (Å²) >= 11 is 0. The zero-order chi connectivity index (χ0) is 12.9. The molecule has 0 saturated heterocycles. The molecule has 0 aliphatic heterocycles. The zero-order valence-electron chi connectivity index (χ0n) is 8.41. The number of hydrogen-bond acceptors (Lipinski definition) is 4. The van der Waals surface area contributed by atoms with E-state index < -0.39 is 24.1 Å². The predicted molar refractivity (Wildman–Crippen MR) is 51.4 cm³/mol. The molecule has 0 aliphatic carbocycles. The molecule has 0 atom stereocenters. The molecule has 0 aromatic heterocycles. The van der Waals surface area contributed by atoms with Crippen LogP contribution in [0, 0.1) is 11.3 Å². The molecular weight excluding hydrogens is 237 g/mol. The summed E-state index contributed by atoms with van der Waals surface area (Å²) in [4.78, 5) is 15.2. The van der Waals surface area contributed by atoms with Crippen molar-refractivity contribution in [2.24, 2.45) is 0 Å². The third-order valence-electron chi connectivity index (χ3n) is 1.72. The molecule has 0 heterocycles. The summed E-state index contributed by atoms with van der Waals surface area (Å²) in [6.07, 6.45) is -4.84. The van der Waals surface area contributed by atoms with Crippen molar-refractivity contribution < 1.29 is 22.8 Å². The topological polar surface area (TPSA) is 62.1 Å². The van der Waals surface area contributed by atoms with Gasteiger partial charge in [0.05, 0.1) is 17.3 Å². The number of rotatable bonds is 3. The van der Waals surface area contributed by atoms with E-state index in [1.165, 1.54) is 0 Å². The molecule has 0 fully saturated rings. The average Bonchev–Trinajstić information content (AvgIpc) is 2.26. The molecule has 0 radical (unpaired) electrons. The van der Waals surface area contributed by atoms with Gasteiger partial charge in [-0.05, 0) is 24.3 Å². The highest BCUT2D eigenvalue weighted by atomic mass is 19.4. The van der Waals surface area contributed by atoms with Crippen LogP contribution < -0.4 is 5.48 Å². The van der Waals surface area contributed by atoms with E-state index in [-0.39, 0.29) is 5.69 Å². The normalized spacial score (nSPS) is 10.5. The molecule has 1 aromatic rings. The number of hydrogen-bond donors (Lipinski definition) is 1. The first kappa shape index (κ1) is 12.8. The lowest BCUT2D eigenvalue weighted by Gasteiger charge is -2.08. The summed E-state index contributed by atoms with van der Waals surface area (Å²) < 4.78 is 36.6. The van der Waals surface area contributed by atoms with Crippen molar-refractivity contribution in [1.29, 1.82) is 5.26 Å². The molecule has 1 rings (SSSR count). The number of nitriles is 1. The molecule has 0 aliphatic rings. The third-order valence-corrected chi connectivity index (χ3v) is 1.72. The van der Waals surface area contributed by atoms with Crippen molar-refractivity contribution in [2.45, 2.75) is 12.6 Å². The van der Waals surface area contributed by atoms with Crippen LogP contribution in [0.3, 0.4) is 0 Å². The summed E-state index contributed by atoms with van der Waals surface area (Å²) in [7, 11) is 0. The number of benzene rings is 1. The number of nitrogens with one attached hydrogen (secondary N) is 1. The Bertz CT molecular complexity index is 434. The van der Waals surface area contributed by atoms with Crippen molar-refractivity contribution in [3.63, 3.8) is 0 Å². The molecule has 0 spiro atoms.